The minimum Gasteiger partial charge on any atom is -0.324 e. The van der Waals surface area contributed by atoms with E-state index in [1.807, 2.05) is 67.6 Å². The van der Waals surface area contributed by atoms with Gasteiger partial charge in [0.15, 0.2) is 0 Å². The van der Waals surface area contributed by atoms with Crippen molar-refractivity contribution in [2.45, 2.75) is 13.5 Å². The Morgan fingerprint density at radius 3 is 2.50 bits per heavy atom. The van der Waals surface area contributed by atoms with E-state index in [1.165, 1.54) is 5.56 Å². The van der Waals surface area contributed by atoms with Crippen LogP contribution in [-0.2, 0) is 23.6 Å². The second kappa shape index (κ2) is 12.8. The first kappa shape index (κ1) is 27.4. The first-order valence-electron chi connectivity index (χ1n) is 12.5. The largest absolute Gasteiger partial charge is 0.324 e. The van der Waals surface area contributed by atoms with Crippen molar-refractivity contribution in [2.24, 2.45) is 0 Å². The van der Waals surface area contributed by atoms with Crippen molar-refractivity contribution in [2.75, 3.05) is 43.9 Å². The fourth-order valence-corrected chi connectivity index (χ4v) is 4.28. The van der Waals surface area contributed by atoms with Gasteiger partial charge >= 0.3 is 0 Å². The van der Waals surface area contributed by atoms with Crippen molar-refractivity contribution in [3.05, 3.63) is 95.9 Å². The molecule has 1 aliphatic rings. The number of likely N-dealkylation sites (N-methyl/N-ethyl adjacent to an activating group) is 1. The van der Waals surface area contributed by atoms with Gasteiger partial charge in [0.05, 0.1) is 5.69 Å². The molecule has 0 atom stereocenters. The fraction of sp³-hybridized carbons (Fsp3) is 0.241. The molecule has 8 nitrogen and oxygen atoms in total. The summed E-state index contributed by atoms with van der Waals surface area (Å²) in [6, 6.07) is 19.3. The summed E-state index contributed by atoms with van der Waals surface area (Å²) < 4.78 is 0. The standard InChI is InChI=1S/C29H31N7O.Fe/c1-21-5-10-25(18-27(21)34-29-31-13-11-26(33-29)24-4-3-12-30-19-24)32-28(37)23-8-6-22(7-9-23)20-36-16-14-35(2)15-17-36;/h3-13,18-19H,14-17,20H2,1-2H3,(H,32,37)(H,31,33,34);. The summed E-state index contributed by atoms with van der Waals surface area (Å²) in [5.41, 5.74) is 6.08. The smallest absolute Gasteiger partial charge is 0.255 e. The third-order valence-corrected chi connectivity index (χ3v) is 6.57. The van der Waals surface area contributed by atoms with Crippen molar-refractivity contribution in [3.63, 3.8) is 0 Å². The van der Waals surface area contributed by atoms with E-state index in [9.17, 15) is 4.79 Å². The Bertz CT molecular complexity index is 1360. The summed E-state index contributed by atoms with van der Waals surface area (Å²) in [7, 11) is 2.16. The average Bonchev–Trinajstić information content (AvgIpc) is 2.93. The molecule has 2 N–H and O–H groups in total. The summed E-state index contributed by atoms with van der Waals surface area (Å²) in [5, 5.41) is 6.29. The number of anilines is 3. The van der Waals surface area contributed by atoms with Gasteiger partial charge in [-0.15, -0.1) is 0 Å². The second-order valence-electron chi connectivity index (χ2n) is 9.39. The van der Waals surface area contributed by atoms with Gasteiger partial charge in [-0.3, -0.25) is 14.7 Å². The number of nitrogens with one attached hydrogen (secondary N) is 2. The number of aryl methyl sites for hydroxylation is 1. The Morgan fingerprint density at radius 2 is 1.76 bits per heavy atom. The Kier molecular flexibility index (Phi) is 9.20. The van der Waals surface area contributed by atoms with Crippen LogP contribution < -0.4 is 10.6 Å². The van der Waals surface area contributed by atoms with E-state index in [0.717, 1.165) is 55.2 Å². The molecule has 2 aromatic heterocycles. The van der Waals surface area contributed by atoms with Gasteiger partial charge < -0.3 is 15.5 Å². The van der Waals surface area contributed by atoms with Gasteiger partial charge in [0.25, 0.3) is 5.91 Å². The van der Waals surface area contributed by atoms with Gasteiger partial charge in [0, 0.05) is 90.9 Å². The van der Waals surface area contributed by atoms with Gasteiger partial charge in [-0.25, -0.2) is 9.97 Å². The van der Waals surface area contributed by atoms with Crippen LogP contribution in [0.2, 0.25) is 0 Å². The molecule has 1 saturated heterocycles. The minimum absolute atomic E-state index is 0. The van der Waals surface area contributed by atoms with Crippen LogP contribution in [0, 0.1) is 6.92 Å². The van der Waals surface area contributed by atoms with E-state index < -0.39 is 0 Å². The summed E-state index contributed by atoms with van der Waals surface area (Å²) >= 11 is 0. The van der Waals surface area contributed by atoms with Crippen molar-refractivity contribution in [1.29, 1.82) is 0 Å². The van der Waals surface area contributed by atoms with Crippen LogP contribution in [0.5, 0.6) is 0 Å². The van der Waals surface area contributed by atoms with Crippen LogP contribution in [0.15, 0.2) is 79.3 Å². The molecule has 196 valence electrons. The molecule has 0 bridgehead atoms. The Hall–Kier alpha value is -3.62. The number of rotatable bonds is 7. The van der Waals surface area contributed by atoms with E-state index in [0.29, 0.717) is 17.2 Å². The molecule has 0 radical (unpaired) electrons. The first-order chi connectivity index (χ1) is 18.0. The second-order valence-corrected chi connectivity index (χ2v) is 9.39. The molecule has 5 rings (SSSR count). The molecule has 4 aromatic rings. The van der Waals surface area contributed by atoms with Crippen LogP contribution in [0.25, 0.3) is 11.3 Å². The molecule has 3 heterocycles. The molecular formula is C29H31FeN7O. The molecule has 0 spiro atoms. The maximum Gasteiger partial charge on any atom is 0.255 e. The average molecular weight is 549 g/mol. The quantitative estimate of drug-likeness (QED) is 0.326. The van der Waals surface area contributed by atoms with E-state index in [1.54, 1.807) is 18.6 Å². The number of hydrogen-bond donors (Lipinski definition) is 2. The number of amides is 1. The van der Waals surface area contributed by atoms with E-state index in [-0.39, 0.29) is 23.0 Å². The third-order valence-electron chi connectivity index (χ3n) is 6.57. The molecule has 1 aliphatic heterocycles. The molecule has 2 aromatic carbocycles. The van der Waals surface area contributed by atoms with E-state index in [4.69, 9.17) is 0 Å². The van der Waals surface area contributed by atoms with Crippen molar-refractivity contribution in [1.82, 2.24) is 24.8 Å². The molecule has 1 amide bonds. The number of nitrogens with zero attached hydrogens (tertiary/aromatic N) is 5. The number of carbonyl (C=O) groups excluding carboxylic acids is 1. The Morgan fingerprint density at radius 1 is 0.974 bits per heavy atom. The summed E-state index contributed by atoms with van der Waals surface area (Å²) in [6.45, 7) is 7.24. The molecule has 0 unspecified atom stereocenters. The van der Waals surface area contributed by atoms with Gasteiger partial charge in [-0.1, -0.05) is 18.2 Å². The zero-order chi connectivity index (χ0) is 25.6. The number of carbonyl (C=O) groups is 1. The Balaban J connectivity index is 0.00000336. The van der Waals surface area contributed by atoms with Crippen molar-refractivity contribution in [3.8, 4) is 11.3 Å². The molecule has 0 saturated carbocycles. The zero-order valence-corrected chi connectivity index (χ0v) is 22.6. The maximum atomic E-state index is 12.9. The van der Waals surface area contributed by atoms with Crippen LogP contribution in [0.1, 0.15) is 21.5 Å². The van der Waals surface area contributed by atoms with Crippen LogP contribution in [0.4, 0.5) is 17.3 Å². The molecule has 1 fully saturated rings. The monoisotopic (exact) mass is 549 g/mol. The minimum atomic E-state index is -0.143. The van der Waals surface area contributed by atoms with Gasteiger partial charge in [0.1, 0.15) is 0 Å². The van der Waals surface area contributed by atoms with Crippen molar-refractivity contribution >= 4 is 23.2 Å². The summed E-state index contributed by atoms with van der Waals surface area (Å²) in [6.07, 6.45) is 5.22. The van der Waals surface area contributed by atoms with E-state index >= 15 is 0 Å². The summed E-state index contributed by atoms with van der Waals surface area (Å²) in [4.78, 5) is 30.9. The van der Waals surface area contributed by atoms with Crippen LogP contribution in [0.3, 0.4) is 0 Å². The topological polar surface area (TPSA) is 86.3 Å². The first-order valence-corrected chi connectivity index (χ1v) is 12.5. The number of pyridine rings is 1. The maximum absolute atomic E-state index is 12.9. The zero-order valence-electron chi connectivity index (χ0n) is 21.5. The predicted molar refractivity (Wildman–Crippen MR) is 147 cm³/mol. The number of hydrogen-bond acceptors (Lipinski definition) is 7. The molecular weight excluding hydrogens is 518 g/mol. The number of aromatic nitrogens is 3. The van der Waals surface area contributed by atoms with Crippen LogP contribution >= 0.6 is 0 Å². The van der Waals surface area contributed by atoms with Crippen molar-refractivity contribution < 1.29 is 21.9 Å². The van der Waals surface area contributed by atoms with Gasteiger partial charge in [-0.2, -0.15) is 0 Å². The number of benzene rings is 2. The normalized spacial score (nSPS) is 13.9. The van der Waals surface area contributed by atoms with Crippen LogP contribution in [-0.4, -0.2) is 63.9 Å². The molecule has 9 heteroatoms. The SMILES string of the molecule is Cc1ccc(NC(=O)c2ccc(CN3CCN(C)CC3)cc2)cc1Nc1nccc(-c2cccnc2)n1.[Fe]. The summed E-state index contributed by atoms with van der Waals surface area (Å²) in [5.74, 6) is 0.333. The van der Waals surface area contributed by atoms with Gasteiger partial charge in [-0.05, 0) is 67.6 Å². The molecule has 0 aliphatic carbocycles. The van der Waals surface area contributed by atoms with Gasteiger partial charge in [0.2, 0.25) is 5.95 Å². The third kappa shape index (κ3) is 7.02. The number of piperazine rings is 1. The fourth-order valence-electron chi connectivity index (χ4n) is 4.28. The Labute approximate surface area is 234 Å². The predicted octanol–water partition coefficient (Wildman–Crippen LogP) is 4.59. The molecule has 38 heavy (non-hydrogen) atoms. The van der Waals surface area contributed by atoms with E-state index in [2.05, 4.69) is 42.4 Å².